The Labute approximate surface area is 132 Å². The summed E-state index contributed by atoms with van der Waals surface area (Å²) in [7, 11) is 1.68. The van der Waals surface area contributed by atoms with Gasteiger partial charge in [-0.1, -0.05) is 39.0 Å². The maximum atomic E-state index is 5.92. The van der Waals surface area contributed by atoms with Gasteiger partial charge in [0.25, 0.3) is 0 Å². The molecule has 1 atom stereocenters. The van der Waals surface area contributed by atoms with E-state index in [1.54, 1.807) is 7.11 Å². The lowest BCUT2D eigenvalue weighted by Crippen LogP contribution is -2.24. The van der Waals surface area contributed by atoms with Crippen LogP contribution in [0.4, 0.5) is 5.69 Å². The summed E-state index contributed by atoms with van der Waals surface area (Å²) in [6.45, 7) is 7.30. The zero-order chi connectivity index (χ0) is 15.7. The molecular formula is C19H23NO2. The molecule has 3 heteroatoms. The summed E-state index contributed by atoms with van der Waals surface area (Å²) in [5.74, 6) is 1.80. The Hall–Kier alpha value is -2.16. The van der Waals surface area contributed by atoms with Gasteiger partial charge in [0, 0.05) is 0 Å². The van der Waals surface area contributed by atoms with Gasteiger partial charge < -0.3 is 14.8 Å². The highest BCUT2D eigenvalue weighted by molar-refractivity contribution is 5.61. The van der Waals surface area contributed by atoms with Crippen molar-refractivity contribution < 1.29 is 9.47 Å². The van der Waals surface area contributed by atoms with Gasteiger partial charge in [0.1, 0.15) is 18.1 Å². The molecule has 116 valence electrons. The molecule has 1 heterocycles. The number of hydrogen-bond donors (Lipinski definition) is 1. The fraction of sp³-hybridized carbons (Fsp3) is 0.368. The van der Waals surface area contributed by atoms with Crippen LogP contribution in [0.25, 0.3) is 0 Å². The second-order valence-corrected chi connectivity index (χ2v) is 6.74. The Kier molecular flexibility index (Phi) is 3.73. The second-order valence-electron chi connectivity index (χ2n) is 6.74. The smallest absolute Gasteiger partial charge is 0.142 e. The minimum atomic E-state index is 0.129. The third kappa shape index (κ3) is 2.89. The van der Waals surface area contributed by atoms with Crippen molar-refractivity contribution in [2.45, 2.75) is 32.2 Å². The SMILES string of the molecule is COc1ccc([C@@H]2COc3ccc(C(C)(C)C)cc3N2)cc1. The molecule has 22 heavy (non-hydrogen) atoms. The average molecular weight is 297 g/mol. The van der Waals surface area contributed by atoms with Gasteiger partial charge in [-0.15, -0.1) is 0 Å². The minimum absolute atomic E-state index is 0.129. The standard InChI is InChI=1S/C19H23NO2/c1-19(2,3)14-7-10-18-16(11-14)20-17(12-22-18)13-5-8-15(21-4)9-6-13/h5-11,17,20H,12H2,1-4H3/t17-/m0/s1. The van der Waals surface area contributed by atoms with Crippen molar-refractivity contribution in [2.24, 2.45) is 0 Å². The highest BCUT2D eigenvalue weighted by Crippen LogP contribution is 2.37. The van der Waals surface area contributed by atoms with E-state index in [2.05, 4.69) is 56.4 Å². The lowest BCUT2D eigenvalue weighted by Gasteiger charge is -2.30. The Balaban J connectivity index is 1.85. The summed E-state index contributed by atoms with van der Waals surface area (Å²) in [5, 5.41) is 3.60. The first-order valence-electron chi connectivity index (χ1n) is 7.65. The molecule has 0 radical (unpaired) electrons. The van der Waals surface area contributed by atoms with Crippen LogP contribution in [0.5, 0.6) is 11.5 Å². The molecule has 0 saturated carbocycles. The molecule has 1 N–H and O–H groups in total. The van der Waals surface area contributed by atoms with Crippen molar-refractivity contribution in [3.05, 3.63) is 53.6 Å². The molecule has 1 aliphatic heterocycles. The van der Waals surface area contributed by atoms with E-state index in [1.165, 1.54) is 11.1 Å². The van der Waals surface area contributed by atoms with E-state index in [0.29, 0.717) is 6.61 Å². The zero-order valence-corrected chi connectivity index (χ0v) is 13.6. The number of ether oxygens (including phenoxy) is 2. The molecular weight excluding hydrogens is 274 g/mol. The fourth-order valence-electron chi connectivity index (χ4n) is 2.65. The molecule has 2 aromatic rings. The molecule has 2 aromatic carbocycles. The molecule has 1 aliphatic rings. The van der Waals surface area contributed by atoms with E-state index in [-0.39, 0.29) is 11.5 Å². The summed E-state index contributed by atoms with van der Waals surface area (Å²) in [4.78, 5) is 0. The van der Waals surface area contributed by atoms with Crippen molar-refractivity contribution in [2.75, 3.05) is 19.0 Å². The largest absolute Gasteiger partial charge is 0.497 e. The number of methoxy groups -OCH3 is 1. The van der Waals surface area contributed by atoms with Gasteiger partial charge in [-0.05, 0) is 40.8 Å². The van der Waals surface area contributed by atoms with Gasteiger partial charge in [-0.25, -0.2) is 0 Å². The van der Waals surface area contributed by atoms with Crippen molar-refractivity contribution in [1.29, 1.82) is 0 Å². The van der Waals surface area contributed by atoms with E-state index >= 15 is 0 Å². The number of anilines is 1. The molecule has 0 amide bonds. The summed E-state index contributed by atoms with van der Waals surface area (Å²) in [6, 6.07) is 14.7. The van der Waals surface area contributed by atoms with E-state index in [9.17, 15) is 0 Å². The summed E-state index contributed by atoms with van der Waals surface area (Å²) in [6.07, 6.45) is 0. The number of fused-ring (bicyclic) bond motifs is 1. The van der Waals surface area contributed by atoms with Crippen molar-refractivity contribution in [3.8, 4) is 11.5 Å². The first kappa shape index (κ1) is 14.8. The van der Waals surface area contributed by atoms with Crippen LogP contribution in [0.2, 0.25) is 0 Å². The van der Waals surface area contributed by atoms with E-state index in [0.717, 1.165) is 17.2 Å². The summed E-state index contributed by atoms with van der Waals surface area (Å²) >= 11 is 0. The molecule has 0 aliphatic carbocycles. The van der Waals surface area contributed by atoms with Crippen molar-refractivity contribution in [3.63, 3.8) is 0 Å². The predicted octanol–water partition coefficient (Wildman–Crippen LogP) is 4.54. The van der Waals surface area contributed by atoms with Crippen LogP contribution in [0.15, 0.2) is 42.5 Å². The molecule has 0 unspecified atom stereocenters. The van der Waals surface area contributed by atoms with Gasteiger partial charge in [-0.2, -0.15) is 0 Å². The predicted molar refractivity (Wildman–Crippen MR) is 90.0 cm³/mol. The quantitative estimate of drug-likeness (QED) is 0.883. The van der Waals surface area contributed by atoms with E-state index in [4.69, 9.17) is 9.47 Å². The Morgan fingerprint density at radius 2 is 1.82 bits per heavy atom. The second kappa shape index (κ2) is 5.56. The summed E-state index contributed by atoms with van der Waals surface area (Å²) in [5.41, 5.74) is 3.70. The Morgan fingerprint density at radius 1 is 1.09 bits per heavy atom. The molecule has 3 rings (SSSR count). The third-order valence-corrected chi connectivity index (χ3v) is 4.10. The topological polar surface area (TPSA) is 30.5 Å². The van der Waals surface area contributed by atoms with E-state index in [1.807, 2.05) is 12.1 Å². The normalized spacial score (nSPS) is 17.2. The highest BCUT2D eigenvalue weighted by Gasteiger charge is 2.23. The zero-order valence-electron chi connectivity index (χ0n) is 13.6. The molecule has 0 bridgehead atoms. The lowest BCUT2D eigenvalue weighted by atomic mass is 9.86. The minimum Gasteiger partial charge on any atom is -0.497 e. The number of rotatable bonds is 2. The van der Waals surface area contributed by atoms with Crippen molar-refractivity contribution in [1.82, 2.24) is 0 Å². The Morgan fingerprint density at radius 3 is 2.45 bits per heavy atom. The van der Waals surface area contributed by atoms with Crippen LogP contribution in [0, 0.1) is 0 Å². The molecule has 0 aromatic heterocycles. The first-order chi connectivity index (χ1) is 10.5. The van der Waals surface area contributed by atoms with Gasteiger partial charge in [-0.3, -0.25) is 0 Å². The van der Waals surface area contributed by atoms with Crippen LogP contribution in [0.1, 0.15) is 37.9 Å². The maximum Gasteiger partial charge on any atom is 0.142 e. The highest BCUT2D eigenvalue weighted by atomic mass is 16.5. The Bertz CT molecular complexity index is 656. The average Bonchev–Trinajstić information content (AvgIpc) is 2.53. The molecule has 3 nitrogen and oxygen atoms in total. The van der Waals surface area contributed by atoms with Crippen molar-refractivity contribution >= 4 is 5.69 Å². The molecule has 0 spiro atoms. The maximum absolute atomic E-state index is 5.92. The first-order valence-corrected chi connectivity index (χ1v) is 7.65. The number of nitrogens with one attached hydrogen (secondary N) is 1. The van der Waals surface area contributed by atoms with Gasteiger partial charge >= 0.3 is 0 Å². The van der Waals surface area contributed by atoms with E-state index < -0.39 is 0 Å². The number of hydrogen-bond acceptors (Lipinski definition) is 3. The third-order valence-electron chi connectivity index (χ3n) is 4.10. The van der Waals surface area contributed by atoms with Crippen LogP contribution in [-0.4, -0.2) is 13.7 Å². The van der Waals surface area contributed by atoms with Crippen LogP contribution in [-0.2, 0) is 5.41 Å². The summed E-state index contributed by atoms with van der Waals surface area (Å²) < 4.78 is 11.1. The lowest BCUT2D eigenvalue weighted by molar-refractivity contribution is 0.286. The fourth-order valence-corrected chi connectivity index (χ4v) is 2.65. The van der Waals surface area contributed by atoms with Crippen LogP contribution < -0.4 is 14.8 Å². The number of benzene rings is 2. The molecule has 0 fully saturated rings. The van der Waals surface area contributed by atoms with Crippen LogP contribution in [0.3, 0.4) is 0 Å². The molecule has 0 saturated heterocycles. The van der Waals surface area contributed by atoms with Gasteiger partial charge in [0.2, 0.25) is 0 Å². The monoisotopic (exact) mass is 297 g/mol. The van der Waals surface area contributed by atoms with Gasteiger partial charge in [0.05, 0.1) is 18.8 Å². The van der Waals surface area contributed by atoms with Gasteiger partial charge in [0.15, 0.2) is 0 Å². The van der Waals surface area contributed by atoms with Crippen LogP contribution >= 0.6 is 0 Å².